The molecule has 23 heavy (non-hydrogen) atoms. The highest BCUT2D eigenvalue weighted by Crippen LogP contribution is 2.35. The molecule has 1 unspecified atom stereocenters. The highest BCUT2D eigenvalue weighted by molar-refractivity contribution is 5.99. The molecule has 1 aromatic carbocycles. The van der Waals surface area contributed by atoms with Gasteiger partial charge in [-0.05, 0) is 51.3 Å². The number of hydrogen-bond acceptors (Lipinski definition) is 3. The smallest absolute Gasteiger partial charge is 0.330 e. The Morgan fingerprint density at radius 1 is 1.17 bits per heavy atom. The maximum Gasteiger partial charge on any atom is 0.330 e. The van der Waals surface area contributed by atoms with Crippen LogP contribution in [0.2, 0.25) is 0 Å². The molecule has 4 nitrogen and oxygen atoms in total. The molecule has 1 N–H and O–H groups in total. The Kier molecular flexibility index (Phi) is 5.80. The summed E-state index contributed by atoms with van der Waals surface area (Å²) in [6.07, 6.45) is -4.22. The van der Waals surface area contributed by atoms with E-state index in [1.54, 1.807) is 0 Å². The number of carboxylic acids is 1. The number of hydrogen-bond donors (Lipinski definition) is 1. The molecule has 1 rings (SSSR count). The fourth-order valence-corrected chi connectivity index (χ4v) is 1.95. The van der Waals surface area contributed by atoms with E-state index < -0.39 is 41.6 Å². The monoisotopic (exact) mass is 332 g/mol. The van der Waals surface area contributed by atoms with Gasteiger partial charge in [0.05, 0.1) is 0 Å². The summed E-state index contributed by atoms with van der Waals surface area (Å²) in [5.41, 5.74) is -3.61. The lowest BCUT2D eigenvalue weighted by molar-refractivity contribution is -0.189. The first-order chi connectivity index (χ1) is 10.5. The summed E-state index contributed by atoms with van der Waals surface area (Å²) in [5, 5.41) is 9.24. The highest BCUT2D eigenvalue weighted by atomic mass is 19.3. The molecule has 0 bridgehead atoms. The zero-order chi connectivity index (χ0) is 17.8. The van der Waals surface area contributed by atoms with Crippen LogP contribution in [0, 0.1) is 11.2 Å². The van der Waals surface area contributed by atoms with Crippen molar-refractivity contribution < 1.29 is 32.6 Å². The predicted molar refractivity (Wildman–Crippen MR) is 76.6 cm³/mol. The third kappa shape index (κ3) is 4.71. The molecule has 0 saturated heterocycles. The summed E-state index contributed by atoms with van der Waals surface area (Å²) in [4.78, 5) is 23.5. The van der Waals surface area contributed by atoms with Crippen LogP contribution >= 0.6 is 0 Å². The number of aliphatic carboxylic acids is 1. The van der Waals surface area contributed by atoms with E-state index in [-0.39, 0.29) is 6.42 Å². The summed E-state index contributed by atoms with van der Waals surface area (Å²) in [6, 6.07) is 4.96. The minimum atomic E-state index is -3.43. The lowest BCUT2D eigenvalue weighted by atomic mass is 9.82. The molecule has 7 heteroatoms. The summed E-state index contributed by atoms with van der Waals surface area (Å²) >= 11 is 0. The Hall–Kier alpha value is -2.05. The second kappa shape index (κ2) is 7.02. The molecule has 0 heterocycles. The number of benzene rings is 1. The Morgan fingerprint density at radius 3 is 2.09 bits per heavy atom. The minimum absolute atomic E-state index is 0.129. The molecular formula is C16H19F3O4. The number of alkyl halides is 2. The quantitative estimate of drug-likeness (QED) is 0.640. The number of carbonyl (C=O) groups excluding carboxylic acids is 1. The van der Waals surface area contributed by atoms with E-state index in [1.165, 1.54) is 32.9 Å². The van der Waals surface area contributed by atoms with E-state index in [2.05, 4.69) is 0 Å². The van der Waals surface area contributed by atoms with E-state index in [0.29, 0.717) is 5.56 Å². The van der Waals surface area contributed by atoms with Gasteiger partial charge >= 0.3 is 11.9 Å². The zero-order valence-corrected chi connectivity index (χ0v) is 13.1. The standard InChI is InChI=1S/C16H19F3O4/c1-15(2,3)23-14(22)16(12(18)19,13(20)21)9-8-10-4-6-11(17)7-5-10/h4-7,12H,8-9H2,1-3H3,(H,20,21). The Balaban J connectivity index is 3.06. The van der Waals surface area contributed by atoms with Crippen molar-refractivity contribution in [1.29, 1.82) is 0 Å². The van der Waals surface area contributed by atoms with E-state index in [9.17, 15) is 27.9 Å². The number of rotatable bonds is 6. The topological polar surface area (TPSA) is 63.6 Å². The summed E-state index contributed by atoms with van der Waals surface area (Å²) in [5.74, 6) is -3.92. The van der Waals surface area contributed by atoms with Gasteiger partial charge in [0.1, 0.15) is 11.4 Å². The number of ether oxygens (including phenoxy) is 1. The molecule has 128 valence electrons. The van der Waals surface area contributed by atoms with Crippen molar-refractivity contribution in [2.24, 2.45) is 5.41 Å². The average Bonchev–Trinajstić information content (AvgIpc) is 2.38. The Bertz CT molecular complexity index is 564. The second-order valence-electron chi connectivity index (χ2n) is 6.21. The molecule has 0 fully saturated rings. The SMILES string of the molecule is CC(C)(C)OC(=O)C(CCc1ccc(F)cc1)(C(=O)O)C(F)F. The predicted octanol–water partition coefficient (Wildman–Crippen LogP) is 3.44. The summed E-state index contributed by atoms with van der Waals surface area (Å²) in [7, 11) is 0. The maximum atomic E-state index is 13.5. The van der Waals surface area contributed by atoms with Crippen molar-refractivity contribution in [1.82, 2.24) is 0 Å². The number of carboxylic acid groups (broad SMARTS) is 1. The van der Waals surface area contributed by atoms with Gasteiger partial charge in [0.2, 0.25) is 5.41 Å². The molecule has 0 radical (unpaired) electrons. The van der Waals surface area contributed by atoms with Crippen molar-refractivity contribution in [3.05, 3.63) is 35.6 Å². The van der Waals surface area contributed by atoms with Crippen LogP contribution in [-0.4, -0.2) is 29.1 Å². The van der Waals surface area contributed by atoms with Crippen molar-refractivity contribution in [2.45, 2.75) is 45.6 Å². The van der Waals surface area contributed by atoms with Crippen LogP contribution < -0.4 is 0 Å². The number of esters is 1. The maximum absolute atomic E-state index is 13.5. The first kappa shape index (κ1) is 19.0. The molecular weight excluding hydrogens is 313 g/mol. The normalized spacial score (nSPS) is 14.4. The second-order valence-corrected chi connectivity index (χ2v) is 6.21. The molecule has 0 aliphatic rings. The number of carbonyl (C=O) groups is 2. The Labute approximate surface area is 132 Å². The number of halogens is 3. The molecule has 0 aromatic heterocycles. The van der Waals surface area contributed by atoms with Crippen molar-refractivity contribution in [3.63, 3.8) is 0 Å². The van der Waals surface area contributed by atoms with Gasteiger partial charge < -0.3 is 9.84 Å². The van der Waals surface area contributed by atoms with Crippen molar-refractivity contribution >= 4 is 11.9 Å². The van der Waals surface area contributed by atoms with Gasteiger partial charge in [-0.25, -0.2) is 13.2 Å². The highest BCUT2D eigenvalue weighted by Gasteiger charge is 2.56. The fourth-order valence-electron chi connectivity index (χ4n) is 1.95. The van der Waals surface area contributed by atoms with Crippen LogP contribution in [0.25, 0.3) is 0 Å². The van der Waals surface area contributed by atoms with E-state index in [1.807, 2.05) is 0 Å². The number of aryl methyl sites for hydroxylation is 1. The van der Waals surface area contributed by atoms with Crippen LogP contribution in [0.1, 0.15) is 32.8 Å². The van der Waals surface area contributed by atoms with E-state index in [0.717, 1.165) is 12.1 Å². The summed E-state index contributed by atoms with van der Waals surface area (Å²) < 4.78 is 44.6. The van der Waals surface area contributed by atoms with Crippen LogP contribution in [-0.2, 0) is 20.7 Å². The van der Waals surface area contributed by atoms with Gasteiger partial charge in [-0.15, -0.1) is 0 Å². The van der Waals surface area contributed by atoms with Crippen LogP contribution in [0.4, 0.5) is 13.2 Å². The molecule has 0 spiro atoms. The van der Waals surface area contributed by atoms with E-state index in [4.69, 9.17) is 4.74 Å². The lowest BCUT2D eigenvalue weighted by Gasteiger charge is -2.30. The van der Waals surface area contributed by atoms with Gasteiger partial charge in [-0.2, -0.15) is 0 Å². The fraction of sp³-hybridized carbons (Fsp3) is 0.500. The van der Waals surface area contributed by atoms with Gasteiger partial charge in [0.25, 0.3) is 6.43 Å². The van der Waals surface area contributed by atoms with Crippen molar-refractivity contribution in [3.8, 4) is 0 Å². The average molecular weight is 332 g/mol. The molecule has 0 amide bonds. The van der Waals surface area contributed by atoms with Crippen LogP contribution in [0.3, 0.4) is 0 Å². The van der Waals surface area contributed by atoms with Gasteiger partial charge in [-0.3, -0.25) is 9.59 Å². The molecule has 0 aliphatic carbocycles. The molecule has 1 aromatic rings. The molecule has 0 aliphatic heterocycles. The van der Waals surface area contributed by atoms with Crippen LogP contribution in [0.5, 0.6) is 0 Å². The van der Waals surface area contributed by atoms with Crippen LogP contribution in [0.15, 0.2) is 24.3 Å². The largest absolute Gasteiger partial charge is 0.480 e. The molecule has 1 atom stereocenters. The minimum Gasteiger partial charge on any atom is -0.480 e. The molecule has 0 saturated carbocycles. The van der Waals surface area contributed by atoms with Gasteiger partial charge in [-0.1, -0.05) is 12.1 Å². The van der Waals surface area contributed by atoms with Gasteiger partial charge in [0, 0.05) is 0 Å². The first-order valence-corrected chi connectivity index (χ1v) is 6.98. The summed E-state index contributed by atoms with van der Waals surface area (Å²) in [6.45, 7) is 4.38. The third-order valence-corrected chi connectivity index (χ3v) is 3.24. The zero-order valence-electron chi connectivity index (χ0n) is 13.1. The third-order valence-electron chi connectivity index (χ3n) is 3.24. The van der Waals surface area contributed by atoms with Gasteiger partial charge in [0.15, 0.2) is 0 Å². The van der Waals surface area contributed by atoms with E-state index >= 15 is 0 Å². The lowest BCUT2D eigenvalue weighted by Crippen LogP contribution is -2.49. The first-order valence-electron chi connectivity index (χ1n) is 6.98. The Morgan fingerprint density at radius 2 is 1.70 bits per heavy atom. The van der Waals surface area contributed by atoms with Crippen molar-refractivity contribution in [2.75, 3.05) is 0 Å².